The monoisotopic (exact) mass is 340 g/mol. The van der Waals surface area contributed by atoms with Crippen molar-refractivity contribution in [3.63, 3.8) is 0 Å². The molecule has 0 radical (unpaired) electrons. The van der Waals surface area contributed by atoms with E-state index in [2.05, 4.69) is 31.3 Å². The fourth-order valence-electron chi connectivity index (χ4n) is 2.10. The smallest absolute Gasteiger partial charge is 0.277 e. The Labute approximate surface area is 148 Å². The number of rotatable bonds is 6. The predicted octanol–water partition coefficient (Wildman–Crippen LogP) is 3.52. The van der Waals surface area contributed by atoms with Gasteiger partial charge in [0.2, 0.25) is 0 Å². The van der Waals surface area contributed by atoms with Crippen molar-refractivity contribution in [2.24, 2.45) is 5.10 Å². The van der Waals surface area contributed by atoms with Crippen LogP contribution in [0.4, 0.5) is 0 Å². The quantitative estimate of drug-likeness (QED) is 0.646. The van der Waals surface area contributed by atoms with Crippen LogP contribution in [-0.4, -0.2) is 25.8 Å². The summed E-state index contributed by atoms with van der Waals surface area (Å²) in [4.78, 5) is 11.8. The summed E-state index contributed by atoms with van der Waals surface area (Å²) < 4.78 is 10.5. The van der Waals surface area contributed by atoms with Crippen LogP contribution in [0.1, 0.15) is 31.9 Å². The topological polar surface area (TPSA) is 59.9 Å². The normalized spacial score (nSPS) is 11.4. The minimum absolute atomic E-state index is 0.0885. The number of nitrogens with zero attached hydrogens (tertiary/aromatic N) is 1. The predicted molar refractivity (Wildman–Crippen MR) is 99.4 cm³/mol. The molecule has 2 aromatic carbocycles. The number of ether oxygens (including phenoxy) is 2. The number of carbonyl (C=O) groups excluding carboxylic acids is 1. The first kappa shape index (κ1) is 18.5. The zero-order valence-corrected chi connectivity index (χ0v) is 15.1. The first-order chi connectivity index (χ1) is 11.9. The van der Waals surface area contributed by atoms with E-state index in [1.165, 1.54) is 5.56 Å². The third-order valence-electron chi connectivity index (χ3n) is 3.61. The highest BCUT2D eigenvalue weighted by Crippen LogP contribution is 2.24. The lowest BCUT2D eigenvalue weighted by Crippen LogP contribution is -2.24. The fraction of sp³-hybridized carbons (Fsp3) is 0.300. The Morgan fingerprint density at radius 2 is 1.64 bits per heavy atom. The lowest BCUT2D eigenvalue weighted by Gasteiger charge is -2.19. The van der Waals surface area contributed by atoms with Gasteiger partial charge in [-0.15, -0.1) is 0 Å². The van der Waals surface area contributed by atoms with Crippen molar-refractivity contribution in [2.45, 2.75) is 26.2 Å². The van der Waals surface area contributed by atoms with Gasteiger partial charge < -0.3 is 9.47 Å². The van der Waals surface area contributed by atoms with Gasteiger partial charge in [0.25, 0.3) is 5.91 Å². The zero-order valence-electron chi connectivity index (χ0n) is 15.1. The Bertz CT molecular complexity index is 714. The molecule has 0 aliphatic carbocycles. The molecule has 0 atom stereocenters. The third-order valence-corrected chi connectivity index (χ3v) is 3.61. The largest absolute Gasteiger partial charge is 0.497 e. The number of hydrogen-bond donors (Lipinski definition) is 1. The van der Waals surface area contributed by atoms with Gasteiger partial charge in [0, 0.05) is 0 Å². The van der Waals surface area contributed by atoms with Crippen LogP contribution in [0.15, 0.2) is 53.6 Å². The molecule has 0 aromatic heterocycles. The molecule has 0 unspecified atom stereocenters. The van der Waals surface area contributed by atoms with Gasteiger partial charge in [-0.3, -0.25) is 4.79 Å². The summed E-state index contributed by atoms with van der Waals surface area (Å²) in [6, 6.07) is 15.1. The van der Waals surface area contributed by atoms with E-state index >= 15 is 0 Å². The van der Waals surface area contributed by atoms with Gasteiger partial charge in [-0.1, -0.05) is 32.9 Å². The molecular weight excluding hydrogens is 316 g/mol. The van der Waals surface area contributed by atoms with E-state index in [1.807, 2.05) is 48.5 Å². The third kappa shape index (κ3) is 5.95. The van der Waals surface area contributed by atoms with Gasteiger partial charge in [-0.2, -0.15) is 5.10 Å². The van der Waals surface area contributed by atoms with Gasteiger partial charge >= 0.3 is 0 Å². The van der Waals surface area contributed by atoms with Crippen molar-refractivity contribution < 1.29 is 14.3 Å². The molecule has 2 rings (SSSR count). The summed E-state index contributed by atoms with van der Waals surface area (Å²) >= 11 is 0. The van der Waals surface area contributed by atoms with E-state index in [1.54, 1.807) is 13.3 Å². The number of hydrazone groups is 1. The van der Waals surface area contributed by atoms with Crippen molar-refractivity contribution in [3.05, 3.63) is 59.7 Å². The van der Waals surface area contributed by atoms with Crippen LogP contribution in [0.3, 0.4) is 0 Å². The molecule has 132 valence electrons. The standard InChI is InChI=1S/C20H24N2O3/c1-20(2,3)16-7-11-18(12-8-16)25-14-19(23)22-21-13-15-5-9-17(24-4)10-6-15/h5-13H,14H2,1-4H3,(H,22,23)/b21-13-. The van der Waals surface area contributed by atoms with Gasteiger partial charge in [0.15, 0.2) is 6.61 Å². The van der Waals surface area contributed by atoms with E-state index in [-0.39, 0.29) is 17.9 Å². The highest BCUT2D eigenvalue weighted by molar-refractivity contribution is 5.83. The molecule has 0 aliphatic heterocycles. The summed E-state index contributed by atoms with van der Waals surface area (Å²) in [7, 11) is 1.61. The minimum Gasteiger partial charge on any atom is -0.497 e. The molecule has 0 spiro atoms. The average Bonchev–Trinajstić information content (AvgIpc) is 2.60. The fourth-order valence-corrected chi connectivity index (χ4v) is 2.10. The Hall–Kier alpha value is -2.82. The second kappa shape index (κ2) is 8.33. The molecule has 25 heavy (non-hydrogen) atoms. The summed E-state index contributed by atoms with van der Waals surface area (Å²) in [5.41, 5.74) is 4.61. The van der Waals surface area contributed by atoms with Crippen molar-refractivity contribution in [2.75, 3.05) is 13.7 Å². The molecule has 0 aliphatic rings. The number of hydrogen-bond acceptors (Lipinski definition) is 4. The molecule has 2 aromatic rings. The molecule has 5 nitrogen and oxygen atoms in total. The number of benzene rings is 2. The van der Waals surface area contributed by atoms with E-state index < -0.39 is 0 Å². The second-order valence-corrected chi connectivity index (χ2v) is 6.63. The van der Waals surface area contributed by atoms with Crippen LogP contribution in [0, 0.1) is 0 Å². The first-order valence-electron chi connectivity index (χ1n) is 8.08. The number of amides is 1. The van der Waals surface area contributed by atoms with E-state index in [9.17, 15) is 4.79 Å². The van der Waals surface area contributed by atoms with E-state index in [0.717, 1.165) is 11.3 Å². The van der Waals surface area contributed by atoms with Crippen LogP contribution in [0.2, 0.25) is 0 Å². The molecule has 1 amide bonds. The molecule has 0 fully saturated rings. The highest BCUT2D eigenvalue weighted by atomic mass is 16.5. The van der Waals surface area contributed by atoms with E-state index in [0.29, 0.717) is 5.75 Å². The molecule has 0 bridgehead atoms. The molecule has 1 N–H and O–H groups in total. The van der Waals surface area contributed by atoms with Crippen molar-refractivity contribution in [1.29, 1.82) is 0 Å². The zero-order chi connectivity index (χ0) is 18.3. The highest BCUT2D eigenvalue weighted by Gasteiger charge is 2.13. The van der Waals surface area contributed by atoms with Crippen LogP contribution >= 0.6 is 0 Å². The maximum Gasteiger partial charge on any atom is 0.277 e. The second-order valence-electron chi connectivity index (χ2n) is 6.63. The summed E-state index contributed by atoms with van der Waals surface area (Å²) in [5.74, 6) is 1.11. The molecule has 0 saturated heterocycles. The Balaban J connectivity index is 1.79. The Kier molecular flexibility index (Phi) is 6.17. The van der Waals surface area contributed by atoms with Gasteiger partial charge in [-0.05, 0) is 52.9 Å². The molecule has 0 saturated carbocycles. The number of methoxy groups -OCH3 is 1. The van der Waals surface area contributed by atoms with Crippen molar-refractivity contribution in [3.8, 4) is 11.5 Å². The molecule has 0 heterocycles. The summed E-state index contributed by atoms with van der Waals surface area (Å²) in [5, 5.41) is 3.91. The van der Waals surface area contributed by atoms with Crippen LogP contribution in [0.25, 0.3) is 0 Å². The van der Waals surface area contributed by atoms with Crippen LogP contribution in [-0.2, 0) is 10.2 Å². The minimum atomic E-state index is -0.315. The van der Waals surface area contributed by atoms with E-state index in [4.69, 9.17) is 9.47 Å². The lowest BCUT2D eigenvalue weighted by molar-refractivity contribution is -0.123. The van der Waals surface area contributed by atoms with Gasteiger partial charge in [0.05, 0.1) is 13.3 Å². The molecule has 5 heteroatoms. The van der Waals surface area contributed by atoms with Crippen molar-refractivity contribution >= 4 is 12.1 Å². The van der Waals surface area contributed by atoms with Crippen LogP contribution in [0.5, 0.6) is 11.5 Å². The van der Waals surface area contributed by atoms with Gasteiger partial charge in [-0.25, -0.2) is 5.43 Å². The number of carbonyl (C=O) groups is 1. The Morgan fingerprint density at radius 1 is 1.04 bits per heavy atom. The first-order valence-corrected chi connectivity index (χ1v) is 8.08. The maximum atomic E-state index is 11.8. The van der Waals surface area contributed by atoms with Crippen molar-refractivity contribution in [1.82, 2.24) is 5.43 Å². The van der Waals surface area contributed by atoms with Gasteiger partial charge in [0.1, 0.15) is 11.5 Å². The summed E-state index contributed by atoms with van der Waals surface area (Å²) in [6.07, 6.45) is 1.56. The summed E-state index contributed by atoms with van der Waals surface area (Å²) in [6.45, 7) is 6.36. The number of nitrogens with one attached hydrogen (secondary N) is 1. The molecular formula is C20H24N2O3. The SMILES string of the molecule is COc1ccc(/C=N\NC(=O)COc2ccc(C(C)(C)C)cc2)cc1. The van der Waals surface area contributed by atoms with Crippen LogP contribution < -0.4 is 14.9 Å². The maximum absolute atomic E-state index is 11.8. The average molecular weight is 340 g/mol. The lowest BCUT2D eigenvalue weighted by atomic mass is 9.87. The Morgan fingerprint density at radius 3 is 2.20 bits per heavy atom.